The first-order chi connectivity index (χ1) is 3.56. The van der Waals surface area contributed by atoms with Crippen LogP contribution < -0.4 is 0 Å². The summed E-state index contributed by atoms with van der Waals surface area (Å²) in [4.78, 5) is 7.76. The highest BCUT2D eigenvalue weighted by Gasteiger charge is 2.15. The smallest absolute Gasteiger partial charge is 0.299 e. The third-order valence-electron chi connectivity index (χ3n) is 0.328. The van der Waals surface area contributed by atoms with Crippen LogP contribution in [0.3, 0.4) is 0 Å². The van der Waals surface area contributed by atoms with Gasteiger partial charge in [0.05, 0.1) is 6.61 Å². The van der Waals surface area contributed by atoms with Crippen molar-refractivity contribution in [1.29, 1.82) is 0 Å². The van der Waals surface area contributed by atoms with Crippen LogP contribution >= 0.6 is 19.5 Å². The van der Waals surface area contributed by atoms with Gasteiger partial charge in [0.25, 0.3) is 0 Å². The molecule has 3 nitrogen and oxygen atoms in total. The summed E-state index contributed by atoms with van der Waals surface area (Å²) in [7, 11) is -4.77. The van der Waals surface area contributed by atoms with Crippen molar-refractivity contribution in [2.75, 3.05) is 12.5 Å². The predicted molar refractivity (Wildman–Crippen MR) is 27.6 cm³/mol. The van der Waals surface area contributed by atoms with Gasteiger partial charge in [-0.25, -0.2) is 4.57 Å². The fourth-order valence-electron chi connectivity index (χ4n) is 0.147. The molecule has 0 aliphatic carbocycles. The Morgan fingerprint density at radius 3 is 2.50 bits per heavy atom. The van der Waals surface area contributed by atoms with E-state index in [0.717, 1.165) is 0 Å². The summed E-state index contributed by atoms with van der Waals surface area (Å²) in [5, 5.41) is 0. The minimum Gasteiger partial charge on any atom is -0.299 e. The Morgan fingerprint density at radius 1 is 1.88 bits per heavy atom. The van der Waals surface area contributed by atoms with E-state index in [9.17, 15) is 8.76 Å². The van der Waals surface area contributed by atoms with Gasteiger partial charge < -0.3 is 0 Å². The maximum Gasteiger partial charge on any atom is 0.510 e. The van der Waals surface area contributed by atoms with Gasteiger partial charge in [0.1, 0.15) is 0 Å². The number of halogens is 2. The van der Waals surface area contributed by atoms with Gasteiger partial charge in [-0.2, -0.15) is 0 Å². The van der Waals surface area contributed by atoms with Crippen LogP contribution in [0.25, 0.3) is 0 Å². The zero-order valence-electron chi connectivity index (χ0n) is 3.88. The lowest BCUT2D eigenvalue weighted by Gasteiger charge is -1.97. The Morgan fingerprint density at radius 2 is 2.38 bits per heavy atom. The van der Waals surface area contributed by atoms with E-state index < -0.39 is 7.91 Å². The lowest BCUT2D eigenvalue weighted by atomic mass is 10.9. The fourth-order valence-corrected chi connectivity index (χ4v) is 0.648. The first kappa shape index (κ1) is 8.37. The molecular formula is C2H5ClFO3P. The molecule has 0 saturated heterocycles. The molecule has 0 bridgehead atoms. The molecule has 0 spiro atoms. The average Bonchev–Trinajstić information content (AvgIpc) is 1.59. The van der Waals surface area contributed by atoms with Crippen LogP contribution in [0.4, 0.5) is 4.20 Å². The Bertz CT molecular complexity index is 101. The molecule has 0 fully saturated rings. The second-order valence-electron chi connectivity index (χ2n) is 0.974. The SMILES string of the molecule is O=P(O)(F)OCCCl. The largest absolute Gasteiger partial charge is 0.510 e. The summed E-state index contributed by atoms with van der Waals surface area (Å²) in [6.07, 6.45) is 0. The van der Waals surface area contributed by atoms with Gasteiger partial charge in [0.15, 0.2) is 0 Å². The van der Waals surface area contributed by atoms with Gasteiger partial charge in [-0.05, 0) is 0 Å². The van der Waals surface area contributed by atoms with Gasteiger partial charge in [0, 0.05) is 5.88 Å². The topological polar surface area (TPSA) is 46.5 Å². The number of hydrogen-bond acceptors (Lipinski definition) is 2. The van der Waals surface area contributed by atoms with Crippen molar-refractivity contribution in [3.8, 4) is 0 Å². The lowest BCUT2D eigenvalue weighted by molar-refractivity contribution is 0.240. The van der Waals surface area contributed by atoms with Gasteiger partial charge >= 0.3 is 7.91 Å². The Kier molecular flexibility index (Phi) is 3.56. The van der Waals surface area contributed by atoms with Crippen LogP contribution in [0.5, 0.6) is 0 Å². The highest BCUT2D eigenvalue weighted by molar-refractivity contribution is 7.46. The summed E-state index contributed by atoms with van der Waals surface area (Å²) in [6, 6.07) is 0. The van der Waals surface area contributed by atoms with Gasteiger partial charge in [-0.1, -0.05) is 0 Å². The zero-order chi connectivity index (χ0) is 6.62. The molecule has 0 heterocycles. The fraction of sp³-hybridized carbons (Fsp3) is 1.00. The van der Waals surface area contributed by atoms with Crippen LogP contribution in [0.15, 0.2) is 0 Å². The highest BCUT2D eigenvalue weighted by Crippen LogP contribution is 2.42. The summed E-state index contributed by atoms with van der Waals surface area (Å²) in [6.45, 7) is -0.244. The first-order valence-corrected chi connectivity index (χ1v) is 3.79. The van der Waals surface area contributed by atoms with Crippen LogP contribution in [-0.2, 0) is 9.09 Å². The highest BCUT2D eigenvalue weighted by atomic mass is 35.5. The van der Waals surface area contributed by atoms with Crippen LogP contribution in [0.1, 0.15) is 0 Å². The summed E-state index contributed by atoms with van der Waals surface area (Å²) in [5.41, 5.74) is 0. The maximum absolute atomic E-state index is 11.4. The minimum absolute atomic E-state index is 0.00840. The molecule has 1 unspecified atom stereocenters. The molecule has 6 heteroatoms. The molecule has 1 atom stereocenters. The van der Waals surface area contributed by atoms with Gasteiger partial charge in [-0.15, -0.1) is 15.8 Å². The Labute approximate surface area is 51.1 Å². The molecule has 8 heavy (non-hydrogen) atoms. The molecule has 0 saturated carbocycles. The van der Waals surface area contributed by atoms with Crippen molar-refractivity contribution >= 4 is 19.5 Å². The molecule has 0 aromatic carbocycles. The second kappa shape index (κ2) is 3.41. The van der Waals surface area contributed by atoms with Crippen LogP contribution in [0, 0.1) is 0 Å². The van der Waals surface area contributed by atoms with Gasteiger partial charge in [0.2, 0.25) is 0 Å². The van der Waals surface area contributed by atoms with E-state index in [0.29, 0.717) is 0 Å². The molecule has 50 valence electrons. The molecule has 0 aliphatic rings. The van der Waals surface area contributed by atoms with Crippen molar-refractivity contribution in [2.45, 2.75) is 0 Å². The monoisotopic (exact) mass is 162 g/mol. The molecule has 1 N–H and O–H groups in total. The molecule has 0 rings (SSSR count). The number of hydrogen-bond donors (Lipinski definition) is 1. The maximum atomic E-state index is 11.4. The van der Waals surface area contributed by atoms with E-state index in [4.69, 9.17) is 16.5 Å². The first-order valence-electron chi connectivity index (χ1n) is 1.79. The molecule has 0 radical (unpaired) electrons. The minimum atomic E-state index is -4.77. The van der Waals surface area contributed by atoms with Crippen molar-refractivity contribution in [3.05, 3.63) is 0 Å². The molecule has 0 aromatic rings. The van der Waals surface area contributed by atoms with E-state index in [2.05, 4.69) is 4.52 Å². The third kappa shape index (κ3) is 6.37. The van der Waals surface area contributed by atoms with E-state index >= 15 is 0 Å². The average molecular weight is 162 g/mol. The Hall–Kier alpha value is 0.370. The quantitative estimate of drug-likeness (QED) is 0.503. The second-order valence-corrected chi connectivity index (χ2v) is 2.51. The molecule has 0 aromatic heterocycles. The zero-order valence-corrected chi connectivity index (χ0v) is 5.53. The summed E-state index contributed by atoms with van der Waals surface area (Å²) < 4.78 is 24.7. The van der Waals surface area contributed by atoms with Crippen LogP contribution in [-0.4, -0.2) is 17.4 Å². The number of rotatable bonds is 3. The van der Waals surface area contributed by atoms with Crippen molar-refractivity contribution in [2.24, 2.45) is 0 Å². The van der Waals surface area contributed by atoms with E-state index in [1.807, 2.05) is 0 Å². The van der Waals surface area contributed by atoms with Crippen molar-refractivity contribution in [3.63, 3.8) is 0 Å². The van der Waals surface area contributed by atoms with E-state index in [1.54, 1.807) is 0 Å². The van der Waals surface area contributed by atoms with E-state index in [1.165, 1.54) is 0 Å². The van der Waals surface area contributed by atoms with E-state index in [-0.39, 0.29) is 12.5 Å². The summed E-state index contributed by atoms with van der Waals surface area (Å²) >= 11 is 4.98. The van der Waals surface area contributed by atoms with Crippen molar-refractivity contribution < 1.29 is 18.2 Å². The predicted octanol–water partition coefficient (Wildman–Crippen LogP) is 1.31. The normalized spacial score (nSPS) is 17.9. The van der Waals surface area contributed by atoms with Crippen molar-refractivity contribution in [1.82, 2.24) is 0 Å². The number of alkyl halides is 1. The standard InChI is InChI=1S/C2H5ClFO3P/c3-1-2-7-8(4,5)6/h1-2H2,(H,5,6). The van der Waals surface area contributed by atoms with Crippen LogP contribution in [0.2, 0.25) is 0 Å². The summed E-state index contributed by atoms with van der Waals surface area (Å²) in [5.74, 6) is 0.00840. The molecular weight excluding hydrogens is 157 g/mol. The lowest BCUT2D eigenvalue weighted by Crippen LogP contribution is -1.88. The Balaban J connectivity index is 3.26. The molecule has 0 amide bonds. The van der Waals surface area contributed by atoms with Gasteiger partial charge in [-0.3, -0.25) is 9.42 Å². The third-order valence-corrected chi connectivity index (χ3v) is 0.983. The molecule has 0 aliphatic heterocycles.